The van der Waals surface area contributed by atoms with Crippen molar-refractivity contribution >= 4 is 17.5 Å². The van der Waals surface area contributed by atoms with E-state index in [4.69, 9.17) is 4.98 Å². The number of anilines is 3. The van der Waals surface area contributed by atoms with Crippen molar-refractivity contribution in [1.29, 1.82) is 0 Å². The summed E-state index contributed by atoms with van der Waals surface area (Å²) in [7, 11) is 0. The van der Waals surface area contributed by atoms with Gasteiger partial charge < -0.3 is 10.2 Å². The maximum absolute atomic E-state index is 4.72. The number of aryl methyl sites for hydroxylation is 3. The fourth-order valence-electron chi connectivity index (χ4n) is 3.58. The first-order valence-corrected chi connectivity index (χ1v) is 9.34. The van der Waals surface area contributed by atoms with E-state index < -0.39 is 0 Å². The summed E-state index contributed by atoms with van der Waals surface area (Å²) in [5.74, 6) is 1.67. The van der Waals surface area contributed by atoms with Crippen LogP contribution in [-0.2, 0) is 0 Å². The van der Waals surface area contributed by atoms with Gasteiger partial charge in [-0.3, -0.25) is 4.98 Å². The van der Waals surface area contributed by atoms with Gasteiger partial charge in [0.15, 0.2) is 0 Å². The highest BCUT2D eigenvalue weighted by Crippen LogP contribution is 2.34. The van der Waals surface area contributed by atoms with Crippen LogP contribution in [0.25, 0.3) is 0 Å². The zero-order valence-corrected chi connectivity index (χ0v) is 16.0. The van der Waals surface area contributed by atoms with E-state index in [1.54, 1.807) is 6.20 Å². The lowest BCUT2D eigenvalue weighted by molar-refractivity contribution is 0.677. The molecule has 0 saturated carbocycles. The Morgan fingerprint density at radius 2 is 1.85 bits per heavy atom. The van der Waals surface area contributed by atoms with Crippen molar-refractivity contribution in [3.63, 3.8) is 0 Å². The van der Waals surface area contributed by atoms with Gasteiger partial charge in [0.05, 0.1) is 23.6 Å². The van der Waals surface area contributed by atoms with E-state index in [1.165, 1.54) is 0 Å². The number of aromatic nitrogens is 4. The molecule has 1 saturated heterocycles. The van der Waals surface area contributed by atoms with Crippen LogP contribution in [0.2, 0.25) is 0 Å². The van der Waals surface area contributed by atoms with Crippen molar-refractivity contribution < 1.29 is 0 Å². The zero-order chi connectivity index (χ0) is 18.8. The minimum absolute atomic E-state index is 0.219. The Bertz CT molecular complexity index is 917. The molecule has 4 heterocycles. The molecule has 3 aromatic heterocycles. The van der Waals surface area contributed by atoms with Gasteiger partial charge in [0, 0.05) is 24.1 Å². The first kappa shape index (κ1) is 17.4. The highest BCUT2D eigenvalue weighted by molar-refractivity contribution is 5.58. The van der Waals surface area contributed by atoms with E-state index in [2.05, 4.69) is 37.3 Å². The third-order valence-electron chi connectivity index (χ3n) is 4.88. The van der Waals surface area contributed by atoms with Gasteiger partial charge >= 0.3 is 0 Å². The Morgan fingerprint density at radius 3 is 2.56 bits per heavy atom. The minimum Gasteiger partial charge on any atom is -0.339 e. The van der Waals surface area contributed by atoms with Gasteiger partial charge in [-0.25, -0.2) is 15.0 Å². The molecule has 4 rings (SSSR count). The van der Waals surface area contributed by atoms with Gasteiger partial charge in [-0.2, -0.15) is 0 Å². The quantitative estimate of drug-likeness (QED) is 0.749. The van der Waals surface area contributed by atoms with Crippen molar-refractivity contribution in [3.05, 3.63) is 65.4 Å². The fraction of sp³-hybridized carbons (Fsp3) is 0.333. The van der Waals surface area contributed by atoms with Crippen molar-refractivity contribution in [3.8, 4) is 0 Å². The molecule has 0 radical (unpaired) electrons. The number of pyridine rings is 2. The molecule has 6 heteroatoms. The molecule has 0 unspecified atom stereocenters. The average molecular weight is 360 g/mol. The molecule has 27 heavy (non-hydrogen) atoms. The first-order valence-electron chi connectivity index (χ1n) is 9.34. The smallest absolute Gasteiger partial charge is 0.226 e. The van der Waals surface area contributed by atoms with Crippen LogP contribution >= 0.6 is 0 Å². The highest BCUT2D eigenvalue weighted by Gasteiger charge is 2.29. The lowest BCUT2D eigenvalue weighted by atomic mass is 10.1. The molecule has 0 aliphatic carbocycles. The second kappa shape index (κ2) is 7.31. The summed E-state index contributed by atoms with van der Waals surface area (Å²) in [6.07, 6.45) is 5.85. The van der Waals surface area contributed by atoms with Gasteiger partial charge in [0.1, 0.15) is 5.82 Å². The number of nitrogens with zero attached hydrogens (tertiary/aromatic N) is 5. The zero-order valence-electron chi connectivity index (χ0n) is 16.0. The summed E-state index contributed by atoms with van der Waals surface area (Å²) in [6.45, 7) is 7.03. The molecular formula is C21H24N6. The molecular weight excluding hydrogens is 336 g/mol. The van der Waals surface area contributed by atoms with Gasteiger partial charge in [-0.05, 0) is 63.4 Å². The number of hydrogen-bond acceptors (Lipinski definition) is 6. The summed E-state index contributed by atoms with van der Waals surface area (Å²) in [5.41, 5.74) is 5.10. The van der Waals surface area contributed by atoms with Crippen molar-refractivity contribution in [2.75, 3.05) is 16.8 Å². The monoisotopic (exact) mass is 360 g/mol. The Hall–Kier alpha value is -3.02. The van der Waals surface area contributed by atoms with Crippen LogP contribution in [0, 0.1) is 20.8 Å². The second-order valence-electron chi connectivity index (χ2n) is 7.07. The maximum Gasteiger partial charge on any atom is 0.226 e. The van der Waals surface area contributed by atoms with Crippen LogP contribution in [0.1, 0.15) is 41.5 Å². The molecule has 1 aliphatic rings. The van der Waals surface area contributed by atoms with Crippen LogP contribution in [0.3, 0.4) is 0 Å². The van der Waals surface area contributed by atoms with Crippen molar-refractivity contribution in [2.24, 2.45) is 0 Å². The molecule has 6 nitrogen and oxygen atoms in total. The molecule has 138 valence electrons. The molecule has 1 aliphatic heterocycles. The van der Waals surface area contributed by atoms with E-state index in [-0.39, 0.29) is 6.04 Å². The van der Waals surface area contributed by atoms with E-state index in [1.807, 2.05) is 45.2 Å². The normalized spacial score (nSPS) is 16.6. The van der Waals surface area contributed by atoms with Crippen molar-refractivity contribution in [1.82, 2.24) is 19.9 Å². The summed E-state index contributed by atoms with van der Waals surface area (Å²) >= 11 is 0. The summed E-state index contributed by atoms with van der Waals surface area (Å²) in [6, 6.07) is 10.4. The van der Waals surface area contributed by atoms with E-state index >= 15 is 0 Å². The molecule has 1 N–H and O–H groups in total. The molecule has 0 aromatic carbocycles. The summed E-state index contributed by atoms with van der Waals surface area (Å²) in [5, 5.41) is 3.34. The maximum atomic E-state index is 4.72. The predicted molar refractivity (Wildman–Crippen MR) is 107 cm³/mol. The lowest BCUT2D eigenvalue weighted by Crippen LogP contribution is -2.25. The number of rotatable bonds is 4. The second-order valence-corrected chi connectivity index (χ2v) is 7.07. The highest BCUT2D eigenvalue weighted by atomic mass is 15.3. The predicted octanol–water partition coefficient (Wildman–Crippen LogP) is 4.28. The molecule has 1 atom stereocenters. The van der Waals surface area contributed by atoms with Gasteiger partial charge in [-0.1, -0.05) is 6.07 Å². The van der Waals surface area contributed by atoms with Crippen LogP contribution in [-0.4, -0.2) is 26.5 Å². The Balaban J connectivity index is 1.55. The fourth-order valence-corrected chi connectivity index (χ4v) is 3.58. The number of hydrogen-bond donors (Lipinski definition) is 1. The molecule has 3 aromatic rings. The Morgan fingerprint density at radius 1 is 1.04 bits per heavy atom. The molecule has 0 amide bonds. The topological polar surface area (TPSA) is 66.8 Å². The van der Waals surface area contributed by atoms with Crippen LogP contribution < -0.4 is 10.2 Å². The third-order valence-corrected chi connectivity index (χ3v) is 4.88. The minimum atomic E-state index is 0.219. The van der Waals surface area contributed by atoms with Gasteiger partial charge in [0.25, 0.3) is 0 Å². The van der Waals surface area contributed by atoms with E-state index in [9.17, 15) is 0 Å². The third kappa shape index (κ3) is 3.74. The first-order chi connectivity index (χ1) is 13.1. The van der Waals surface area contributed by atoms with E-state index in [0.717, 1.165) is 59.5 Å². The van der Waals surface area contributed by atoms with Crippen LogP contribution in [0.15, 0.2) is 42.7 Å². The lowest BCUT2D eigenvalue weighted by Gasteiger charge is -2.25. The SMILES string of the molecule is Cc1cc(C)nc(N2CCC[C@@H]2c2ccc(Nc3ncccc3C)cn2)n1. The average Bonchev–Trinajstić information content (AvgIpc) is 3.13. The van der Waals surface area contributed by atoms with Gasteiger partial charge in [0.2, 0.25) is 5.95 Å². The molecule has 0 bridgehead atoms. The summed E-state index contributed by atoms with van der Waals surface area (Å²) < 4.78 is 0. The van der Waals surface area contributed by atoms with Crippen molar-refractivity contribution in [2.45, 2.75) is 39.7 Å². The van der Waals surface area contributed by atoms with Gasteiger partial charge in [-0.15, -0.1) is 0 Å². The Labute approximate surface area is 159 Å². The standard InChI is InChI=1S/C21H24N6/c1-14-6-4-10-22-20(14)26-17-8-9-18(23-13-17)19-7-5-11-27(19)21-24-15(2)12-16(3)25-21/h4,6,8-10,12-13,19H,5,7,11H2,1-3H3,(H,22,26)/t19-/m1/s1. The summed E-state index contributed by atoms with van der Waals surface area (Å²) in [4.78, 5) is 20.7. The van der Waals surface area contributed by atoms with E-state index in [0.29, 0.717) is 0 Å². The van der Waals surface area contributed by atoms with Crippen LogP contribution in [0.4, 0.5) is 17.5 Å². The Kier molecular flexibility index (Phi) is 4.71. The number of nitrogens with one attached hydrogen (secondary N) is 1. The van der Waals surface area contributed by atoms with Crippen LogP contribution in [0.5, 0.6) is 0 Å². The largest absolute Gasteiger partial charge is 0.339 e. The molecule has 1 fully saturated rings. The molecule has 0 spiro atoms.